The Hall–Kier alpha value is -1.94. The minimum atomic E-state index is -4.96. The monoisotopic (exact) mass is 1370 g/mol. The van der Waals surface area contributed by atoms with E-state index in [2.05, 4.69) is 55.4 Å². The summed E-state index contributed by atoms with van der Waals surface area (Å²) in [5.74, 6) is 0.922. The second-order valence-corrected chi connectivity index (χ2v) is 31.0. The number of phosphoric ester groups is 2. The van der Waals surface area contributed by atoms with Crippen LogP contribution in [0.4, 0.5) is 0 Å². The van der Waals surface area contributed by atoms with Crippen molar-refractivity contribution in [3.63, 3.8) is 0 Å². The first-order valence-electron chi connectivity index (χ1n) is 38.3. The van der Waals surface area contributed by atoms with Gasteiger partial charge in [0.1, 0.15) is 19.3 Å². The standard InChI is InChI=1S/C74H144O17P2/c1-9-66(7)52-44-36-28-22-19-20-24-30-41-49-57-74(79)91-70(61-85-72(77)55-47-39-33-32-37-45-53-67(8)10-2)63-89-93(82,83)87-59-68(75)58-86-92(80,81)88-62-69(60-84-71(76)54-46-38-31-25-27-35-43-51-65(5)6)90-73(78)56-48-40-29-23-18-16-14-12-11-13-15-17-21-26-34-42-50-64(3)4/h64-70,75H,9-63H2,1-8H3,(H,80,81)(H,82,83)/t66?,67?,68-,69-,70-/m1/s1. The van der Waals surface area contributed by atoms with E-state index >= 15 is 0 Å². The van der Waals surface area contributed by atoms with Crippen molar-refractivity contribution in [3.8, 4) is 0 Å². The van der Waals surface area contributed by atoms with Gasteiger partial charge in [-0.2, -0.15) is 0 Å². The Labute approximate surface area is 568 Å². The van der Waals surface area contributed by atoms with Gasteiger partial charge >= 0.3 is 39.5 Å². The molecule has 0 bridgehead atoms. The number of hydrogen-bond acceptors (Lipinski definition) is 15. The summed E-state index contributed by atoms with van der Waals surface area (Å²) >= 11 is 0. The van der Waals surface area contributed by atoms with Crippen molar-refractivity contribution >= 4 is 39.5 Å². The molecule has 0 amide bonds. The van der Waals surface area contributed by atoms with Gasteiger partial charge in [-0.15, -0.1) is 0 Å². The van der Waals surface area contributed by atoms with Crippen molar-refractivity contribution in [1.29, 1.82) is 0 Å². The van der Waals surface area contributed by atoms with E-state index in [1.54, 1.807) is 0 Å². The van der Waals surface area contributed by atoms with Crippen LogP contribution in [0.1, 0.15) is 370 Å². The summed E-state index contributed by atoms with van der Waals surface area (Å²) in [6, 6.07) is 0. The second kappa shape index (κ2) is 63.5. The Balaban J connectivity index is 5.22. The number of aliphatic hydroxyl groups excluding tert-OH is 1. The molecular weight excluding hydrogens is 1220 g/mol. The van der Waals surface area contributed by atoms with Gasteiger partial charge in [-0.25, -0.2) is 9.13 Å². The van der Waals surface area contributed by atoms with E-state index in [0.29, 0.717) is 31.6 Å². The topological polar surface area (TPSA) is 237 Å². The van der Waals surface area contributed by atoms with Crippen LogP contribution < -0.4 is 0 Å². The molecule has 0 saturated heterocycles. The van der Waals surface area contributed by atoms with Crippen LogP contribution in [0, 0.1) is 23.7 Å². The van der Waals surface area contributed by atoms with Crippen LogP contribution in [0.2, 0.25) is 0 Å². The number of esters is 4. The Kier molecular flexibility index (Phi) is 62.2. The number of aliphatic hydroxyl groups is 1. The highest BCUT2D eigenvalue weighted by Crippen LogP contribution is 2.45. The van der Waals surface area contributed by atoms with Gasteiger partial charge in [0.05, 0.1) is 26.4 Å². The zero-order valence-electron chi connectivity index (χ0n) is 60.9. The molecule has 0 radical (unpaired) electrons. The summed E-state index contributed by atoms with van der Waals surface area (Å²) in [5.41, 5.74) is 0. The highest BCUT2D eigenvalue weighted by atomic mass is 31.2. The quantitative estimate of drug-likeness (QED) is 0.0222. The van der Waals surface area contributed by atoms with Crippen LogP contribution in [0.5, 0.6) is 0 Å². The summed E-state index contributed by atoms with van der Waals surface area (Å²) in [5, 5.41) is 10.6. The predicted octanol–water partition coefficient (Wildman–Crippen LogP) is 21.3. The van der Waals surface area contributed by atoms with E-state index < -0.39 is 97.5 Å². The lowest BCUT2D eigenvalue weighted by atomic mass is 9.99. The number of phosphoric acid groups is 2. The third-order valence-electron chi connectivity index (χ3n) is 17.8. The Morgan fingerprint density at radius 2 is 0.516 bits per heavy atom. The van der Waals surface area contributed by atoms with Gasteiger partial charge in [-0.1, -0.05) is 319 Å². The highest BCUT2D eigenvalue weighted by Gasteiger charge is 2.30. The Morgan fingerprint density at radius 3 is 0.763 bits per heavy atom. The van der Waals surface area contributed by atoms with Crippen LogP contribution in [0.3, 0.4) is 0 Å². The fraction of sp³-hybridized carbons (Fsp3) is 0.946. The van der Waals surface area contributed by atoms with Crippen LogP contribution in [0.15, 0.2) is 0 Å². The van der Waals surface area contributed by atoms with Gasteiger partial charge in [0.15, 0.2) is 12.2 Å². The maximum Gasteiger partial charge on any atom is 0.472 e. The molecule has 19 heteroatoms. The molecule has 0 heterocycles. The zero-order valence-corrected chi connectivity index (χ0v) is 62.7. The van der Waals surface area contributed by atoms with E-state index in [4.69, 9.17) is 37.0 Å². The fourth-order valence-corrected chi connectivity index (χ4v) is 12.7. The van der Waals surface area contributed by atoms with Crippen LogP contribution in [-0.4, -0.2) is 96.7 Å². The lowest BCUT2D eigenvalue weighted by Crippen LogP contribution is -2.30. The molecule has 552 valence electrons. The predicted molar refractivity (Wildman–Crippen MR) is 377 cm³/mol. The van der Waals surface area contributed by atoms with Crippen LogP contribution >= 0.6 is 15.6 Å². The van der Waals surface area contributed by atoms with E-state index in [-0.39, 0.29) is 25.7 Å². The van der Waals surface area contributed by atoms with Crippen molar-refractivity contribution in [2.75, 3.05) is 39.6 Å². The molecule has 0 fully saturated rings. The number of unbranched alkanes of at least 4 members (excludes halogenated alkanes) is 35. The van der Waals surface area contributed by atoms with Crippen molar-refractivity contribution in [3.05, 3.63) is 0 Å². The number of ether oxygens (including phenoxy) is 4. The van der Waals surface area contributed by atoms with Crippen molar-refractivity contribution in [2.24, 2.45) is 23.7 Å². The minimum absolute atomic E-state index is 0.105. The van der Waals surface area contributed by atoms with Gasteiger partial charge in [0, 0.05) is 25.7 Å². The molecule has 0 rings (SSSR count). The minimum Gasteiger partial charge on any atom is -0.462 e. The molecule has 93 heavy (non-hydrogen) atoms. The smallest absolute Gasteiger partial charge is 0.462 e. The number of rotatable bonds is 71. The molecule has 17 nitrogen and oxygen atoms in total. The molecule has 0 aliphatic heterocycles. The zero-order chi connectivity index (χ0) is 68.9. The van der Waals surface area contributed by atoms with Crippen LogP contribution in [0.25, 0.3) is 0 Å². The lowest BCUT2D eigenvalue weighted by Gasteiger charge is -2.21. The molecule has 4 unspecified atom stereocenters. The number of carbonyl (C=O) groups excluding carboxylic acids is 4. The van der Waals surface area contributed by atoms with Gasteiger partial charge in [-0.3, -0.25) is 37.3 Å². The lowest BCUT2D eigenvalue weighted by molar-refractivity contribution is -0.161. The molecule has 0 spiro atoms. The van der Waals surface area contributed by atoms with E-state index in [9.17, 15) is 43.2 Å². The average Bonchev–Trinajstić information content (AvgIpc) is 2.50. The molecule has 0 aromatic rings. The largest absolute Gasteiger partial charge is 0.472 e. The second-order valence-electron chi connectivity index (χ2n) is 28.1. The summed E-state index contributed by atoms with van der Waals surface area (Å²) in [6.07, 6.45) is 47.3. The van der Waals surface area contributed by atoms with Crippen molar-refractivity contribution in [2.45, 2.75) is 388 Å². The van der Waals surface area contributed by atoms with Gasteiger partial charge in [0.25, 0.3) is 0 Å². The maximum atomic E-state index is 13.0. The summed E-state index contributed by atoms with van der Waals surface area (Å²) in [7, 11) is -9.91. The van der Waals surface area contributed by atoms with E-state index in [0.717, 1.165) is 120 Å². The molecule has 0 aliphatic rings. The molecule has 0 aromatic carbocycles. The van der Waals surface area contributed by atoms with Crippen LogP contribution in [-0.2, 0) is 65.4 Å². The summed E-state index contributed by atoms with van der Waals surface area (Å²) < 4.78 is 68.4. The third-order valence-corrected chi connectivity index (χ3v) is 19.7. The first-order valence-corrected chi connectivity index (χ1v) is 41.3. The Morgan fingerprint density at radius 1 is 0.301 bits per heavy atom. The normalized spacial score (nSPS) is 14.8. The molecule has 0 aliphatic carbocycles. The molecule has 0 saturated carbocycles. The van der Waals surface area contributed by atoms with E-state index in [1.165, 1.54) is 161 Å². The van der Waals surface area contributed by atoms with Gasteiger partial charge in [0.2, 0.25) is 0 Å². The van der Waals surface area contributed by atoms with Crippen molar-refractivity contribution < 1.29 is 80.2 Å². The summed E-state index contributed by atoms with van der Waals surface area (Å²) in [6.45, 7) is 14.1. The number of carbonyl (C=O) groups is 4. The Bertz CT molecular complexity index is 1840. The van der Waals surface area contributed by atoms with Gasteiger partial charge < -0.3 is 33.8 Å². The molecule has 3 N–H and O–H groups in total. The molecule has 7 atom stereocenters. The van der Waals surface area contributed by atoms with E-state index in [1.807, 2.05) is 0 Å². The molecular formula is C74H144O17P2. The first-order chi connectivity index (χ1) is 44.7. The highest BCUT2D eigenvalue weighted by molar-refractivity contribution is 7.47. The maximum absolute atomic E-state index is 13.0. The summed E-state index contributed by atoms with van der Waals surface area (Å²) in [4.78, 5) is 72.7. The molecule has 0 aromatic heterocycles. The first kappa shape index (κ1) is 91.1. The fourth-order valence-electron chi connectivity index (χ4n) is 11.1. The van der Waals surface area contributed by atoms with Crippen molar-refractivity contribution in [1.82, 2.24) is 0 Å². The average molecular weight is 1370 g/mol. The van der Waals surface area contributed by atoms with Gasteiger partial charge in [-0.05, 0) is 49.4 Å². The third kappa shape index (κ3) is 65.8. The number of hydrogen-bond donors (Lipinski definition) is 3. The SMILES string of the molecule is CCC(C)CCCCCCCCCCCCC(=O)O[C@H](COC(=O)CCCCCCCCC(C)CC)COP(=O)(O)OC[C@H](O)COP(=O)(O)OC[C@@H](COC(=O)CCCCCCCCCC(C)C)OC(=O)CCCCCCCCCCCCCCCCCCC(C)C.